The van der Waals surface area contributed by atoms with Gasteiger partial charge in [0.05, 0.1) is 0 Å². The Balaban J connectivity index is 2.84. The highest BCUT2D eigenvalue weighted by atomic mass is 16.4. The molecule has 0 amide bonds. The van der Waals surface area contributed by atoms with Gasteiger partial charge in [-0.15, -0.1) is 0 Å². The van der Waals surface area contributed by atoms with E-state index in [2.05, 4.69) is 0 Å². The van der Waals surface area contributed by atoms with Crippen molar-refractivity contribution in [3.63, 3.8) is 0 Å². The second-order valence-electron chi connectivity index (χ2n) is 4.06. The summed E-state index contributed by atoms with van der Waals surface area (Å²) in [5.41, 5.74) is -0.816. The number of hydrogen-bond donors (Lipinski definition) is 2. The number of allylic oxidation sites excluding steroid dienone is 1. The van der Waals surface area contributed by atoms with Crippen molar-refractivity contribution in [1.29, 1.82) is 0 Å². The van der Waals surface area contributed by atoms with Crippen LogP contribution < -0.4 is 0 Å². The molecule has 0 fully saturated rings. The van der Waals surface area contributed by atoms with Gasteiger partial charge in [-0.2, -0.15) is 0 Å². The highest BCUT2D eigenvalue weighted by molar-refractivity contribution is 5.98. The molecule has 0 saturated carbocycles. The third kappa shape index (κ3) is 2.97. The summed E-state index contributed by atoms with van der Waals surface area (Å²) in [5.74, 6) is -2.59. The smallest absolute Gasteiger partial charge is 0.321 e. The van der Waals surface area contributed by atoms with Crippen molar-refractivity contribution in [3.8, 4) is 0 Å². The lowest BCUT2D eigenvalue weighted by atomic mass is 9.81. The fourth-order valence-electron chi connectivity index (χ4n) is 1.67. The van der Waals surface area contributed by atoms with E-state index in [0.29, 0.717) is 0 Å². The molecule has 0 heterocycles. The van der Waals surface area contributed by atoms with Crippen LogP contribution in [0.4, 0.5) is 0 Å². The number of carboxylic acids is 2. The molecular formula is C14H16O4. The molecule has 0 aliphatic heterocycles. The highest BCUT2D eigenvalue weighted by Crippen LogP contribution is 2.28. The normalized spacial score (nSPS) is 11.6. The standard InChI is InChI=1S/C14H16O4/c1-2-14(12(15)16,13(17)18)10-6-9-11-7-4-3-5-8-11/h3-9H,2,10H2,1H3,(H,15,16)(H,17,18)/b9-6+. The van der Waals surface area contributed by atoms with Crippen LogP contribution in [-0.4, -0.2) is 22.2 Å². The zero-order valence-corrected chi connectivity index (χ0v) is 10.2. The molecule has 1 rings (SSSR count). The van der Waals surface area contributed by atoms with Crippen LogP contribution >= 0.6 is 0 Å². The van der Waals surface area contributed by atoms with E-state index in [-0.39, 0.29) is 12.8 Å². The third-order valence-corrected chi connectivity index (χ3v) is 3.00. The van der Waals surface area contributed by atoms with E-state index >= 15 is 0 Å². The molecule has 0 bridgehead atoms. The second-order valence-corrected chi connectivity index (χ2v) is 4.06. The van der Waals surface area contributed by atoms with Crippen LogP contribution in [0.5, 0.6) is 0 Å². The van der Waals surface area contributed by atoms with Crippen molar-refractivity contribution in [2.24, 2.45) is 5.41 Å². The van der Waals surface area contributed by atoms with Gasteiger partial charge in [0.25, 0.3) is 0 Å². The first-order valence-electron chi connectivity index (χ1n) is 5.71. The van der Waals surface area contributed by atoms with Crippen LogP contribution in [0.2, 0.25) is 0 Å². The maximum Gasteiger partial charge on any atom is 0.321 e. The third-order valence-electron chi connectivity index (χ3n) is 3.00. The molecule has 4 nitrogen and oxygen atoms in total. The summed E-state index contributed by atoms with van der Waals surface area (Å²) in [7, 11) is 0. The predicted octanol–water partition coefficient (Wildman–Crippen LogP) is 2.66. The van der Waals surface area contributed by atoms with Crippen LogP contribution in [0.1, 0.15) is 25.3 Å². The largest absolute Gasteiger partial charge is 0.480 e. The molecule has 0 saturated heterocycles. The zero-order valence-electron chi connectivity index (χ0n) is 10.2. The number of hydrogen-bond acceptors (Lipinski definition) is 2. The van der Waals surface area contributed by atoms with E-state index in [1.165, 1.54) is 0 Å². The molecule has 0 aliphatic carbocycles. The number of aliphatic carboxylic acids is 2. The van der Waals surface area contributed by atoms with E-state index in [4.69, 9.17) is 10.2 Å². The summed E-state index contributed by atoms with van der Waals surface area (Å²) in [6.45, 7) is 1.57. The summed E-state index contributed by atoms with van der Waals surface area (Å²) in [4.78, 5) is 22.2. The Morgan fingerprint density at radius 1 is 1.17 bits per heavy atom. The lowest BCUT2D eigenvalue weighted by Gasteiger charge is -2.21. The number of benzene rings is 1. The molecule has 2 N–H and O–H groups in total. The molecule has 0 aliphatic rings. The monoisotopic (exact) mass is 248 g/mol. The van der Waals surface area contributed by atoms with Crippen molar-refractivity contribution in [2.45, 2.75) is 19.8 Å². The number of carbonyl (C=O) groups is 2. The molecule has 1 aromatic carbocycles. The topological polar surface area (TPSA) is 74.6 Å². The van der Waals surface area contributed by atoms with Gasteiger partial charge in [0.1, 0.15) is 0 Å². The molecule has 0 atom stereocenters. The SMILES string of the molecule is CCC(C/C=C/c1ccccc1)(C(=O)O)C(=O)O. The van der Waals surface area contributed by atoms with E-state index in [0.717, 1.165) is 5.56 Å². The summed E-state index contributed by atoms with van der Waals surface area (Å²) in [6.07, 6.45) is 3.36. The van der Waals surface area contributed by atoms with E-state index in [1.807, 2.05) is 30.3 Å². The van der Waals surface area contributed by atoms with Gasteiger partial charge < -0.3 is 10.2 Å². The first-order valence-corrected chi connectivity index (χ1v) is 5.71. The molecule has 96 valence electrons. The van der Waals surface area contributed by atoms with Crippen molar-refractivity contribution in [3.05, 3.63) is 42.0 Å². The predicted molar refractivity (Wildman–Crippen MR) is 68.1 cm³/mol. The van der Waals surface area contributed by atoms with E-state index in [9.17, 15) is 9.59 Å². The van der Waals surface area contributed by atoms with Gasteiger partial charge in [-0.1, -0.05) is 49.4 Å². The first-order chi connectivity index (χ1) is 8.53. The quantitative estimate of drug-likeness (QED) is 0.759. The molecule has 1 aromatic rings. The second kappa shape index (κ2) is 6.00. The molecule has 0 radical (unpaired) electrons. The van der Waals surface area contributed by atoms with Crippen LogP contribution in [-0.2, 0) is 9.59 Å². The van der Waals surface area contributed by atoms with Crippen LogP contribution in [0.3, 0.4) is 0 Å². The van der Waals surface area contributed by atoms with E-state index in [1.54, 1.807) is 19.1 Å². The summed E-state index contributed by atoms with van der Waals surface area (Å²) < 4.78 is 0. The van der Waals surface area contributed by atoms with Crippen molar-refractivity contribution < 1.29 is 19.8 Å². The average Bonchev–Trinajstić information content (AvgIpc) is 2.35. The van der Waals surface area contributed by atoms with Crippen LogP contribution in [0, 0.1) is 5.41 Å². The fraction of sp³-hybridized carbons (Fsp3) is 0.286. The van der Waals surface area contributed by atoms with Gasteiger partial charge in [0.15, 0.2) is 5.41 Å². The molecule has 0 aromatic heterocycles. The molecule has 0 unspecified atom stereocenters. The van der Waals surface area contributed by atoms with Gasteiger partial charge >= 0.3 is 11.9 Å². The maximum atomic E-state index is 11.1. The van der Waals surface area contributed by atoms with Gasteiger partial charge in [-0.25, -0.2) is 0 Å². The van der Waals surface area contributed by atoms with Crippen LogP contribution in [0.15, 0.2) is 36.4 Å². The number of rotatable bonds is 6. The molecule has 18 heavy (non-hydrogen) atoms. The molecule has 0 spiro atoms. The minimum atomic E-state index is -1.73. The Kier molecular flexibility index (Phi) is 4.66. The Hall–Kier alpha value is -2.10. The summed E-state index contributed by atoms with van der Waals surface area (Å²) in [5, 5.41) is 18.2. The van der Waals surface area contributed by atoms with Gasteiger partial charge in [-0.3, -0.25) is 9.59 Å². The first kappa shape index (κ1) is 14.0. The Morgan fingerprint density at radius 3 is 2.17 bits per heavy atom. The Labute approximate surface area is 106 Å². The Bertz CT molecular complexity index is 434. The van der Waals surface area contributed by atoms with Crippen LogP contribution in [0.25, 0.3) is 6.08 Å². The number of carboxylic acid groups (broad SMARTS) is 2. The Morgan fingerprint density at radius 2 is 1.72 bits per heavy atom. The van der Waals surface area contributed by atoms with Crippen molar-refractivity contribution in [2.75, 3.05) is 0 Å². The highest BCUT2D eigenvalue weighted by Gasteiger charge is 2.43. The van der Waals surface area contributed by atoms with Gasteiger partial charge in [-0.05, 0) is 18.4 Å². The lowest BCUT2D eigenvalue weighted by Crippen LogP contribution is -2.38. The summed E-state index contributed by atoms with van der Waals surface area (Å²) >= 11 is 0. The minimum absolute atomic E-state index is 0.0247. The van der Waals surface area contributed by atoms with Crippen molar-refractivity contribution in [1.82, 2.24) is 0 Å². The van der Waals surface area contributed by atoms with Crippen molar-refractivity contribution >= 4 is 18.0 Å². The molecular weight excluding hydrogens is 232 g/mol. The lowest BCUT2D eigenvalue weighted by molar-refractivity contribution is -0.164. The minimum Gasteiger partial charge on any atom is -0.480 e. The average molecular weight is 248 g/mol. The molecule has 4 heteroatoms. The maximum absolute atomic E-state index is 11.1. The zero-order chi connectivity index (χ0) is 13.6. The van der Waals surface area contributed by atoms with Gasteiger partial charge in [0, 0.05) is 0 Å². The van der Waals surface area contributed by atoms with Gasteiger partial charge in [0.2, 0.25) is 0 Å². The summed E-state index contributed by atoms with van der Waals surface area (Å²) in [6, 6.07) is 9.34. The fourth-order valence-corrected chi connectivity index (χ4v) is 1.67. The van der Waals surface area contributed by atoms with E-state index < -0.39 is 17.4 Å².